The summed E-state index contributed by atoms with van der Waals surface area (Å²) in [4.78, 5) is 0. The van der Waals surface area contributed by atoms with Gasteiger partial charge in [0.15, 0.2) is 0 Å². The second kappa shape index (κ2) is 8.82. The van der Waals surface area contributed by atoms with E-state index in [-0.39, 0.29) is 11.7 Å². The van der Waals surface area contributed by atoms with E-state index in [1.54, 1.807) is 0 Å². The van der Waals surface area contributed by atoms with Gasteiger partial charge in [-0.05, 0) is 84.2 Å². The van der Waals surface area contributed by atoms with Crippen molar-refractivity contribution in [1.82, 2.24) is 0 Å². The van der Waals surface area contributed by atoms with Crippen molar-refractivity contribution in [2.45, 2.75) is 51.4 Å². The van der Waals surface area contributed by atoms with E-state index >= 15 is 4.39 Å². The lowest BCUT2D eigenvalue weighted by Crippen LogP contribution is -2.14. The van der Waals surface area contributed by atoms with Crippen molar-refractivity contribution in [2.75, 3.05) is 6.61 Å². The number of fused-ring (bicyclic) bond motifs is 2. The number of ether oxygens (including phenoxy) is 1. The summed E-state index contributed by atoms with van der Waals surface area (Å²) in [6.45, 7) is 6.59. The molecule has 1 aliphatic carbocycles. The topological polar surface area (TPSA) is 9.23 Å². The first-order valence-electron chi connectivity index (χ1n) is 10.8. The number of allylic oxidation sites excluding steroid dienone is 1. The van der Waals surface area contributed by atoms with Crippen LogP contribution < -0.4 is 4.74 Å². The van der Waals surface area contributed by atoms with Crippen LogP contribution in [0.1, 0.15) is 54.4 Å². The van der Waals surface area contributed by atoms with Crippen LogP contribution >= 0.6 is 0 Å². The number of benzene rings is 3. The molecule has 29 heavy (non-hydrogen) atoms. The third kappa shape index (κ3) is 4.22. The Balaban J connectivity index is 1.52. The number of unbranched alkanes of at least 4 members (excludes halogenated alkanes) is 1. The van der Waals surface area contributed by atoms with Gasteiger partial charge in [0.2, 0.25) is 0 Å². The molecule has 1 unspecified atom stereocenters. The predicted octanol–water partition coefficient (Wildman–Crippen LogP) is 7.16. The molecule has 3 aromatic rings. The highest BCUT2D eigenvalue weighted by Crippen LogP contribution is 2.37. The number of aryl methyl sites for hydroxylation is 2. The fourth-order valence-corrected chi connectivity index (χ4v) is 4.40. The molecule has 0 saturated heterocycles. The van der Waals surface area contributed by atoms with Gasteiger partial charge in [-0.15, -0.1) is 6.58 Å². The van der Waals surface area contributed by atoms with Crippen molar-refractivity contribution in [1.29, 1.82) is 0 Å². The predicted molar refractivity (Wildman–Crippen MR) is 119 cm³/mol. The average molecular weight is 389 g/mol. The summed E-state index contributed by atoms with van der Waals surface area (Å²) in [5.41, 5.74) is 4.77. The Morgan fingerprint density at radius 1 is 1.10 bits per heavy atom. The first-order chi connectivity index (χ1) is 14.2. The Hall–Kier alpha value is -2.61. The third-order valence-corrected chi connectivity index (χ3v) is 6.12. The number of hydrogen-bond donors (Lipinski definition) is 0. The molecule has 0 bridgehead atoms. The van der Waals surface area contributed by atoms with E-state index in [0.29, 0.717) is 0 Å². The number of rotatable bonds is 7. The Kier molecular flexibility index (Phi) is 5.99. The molecule has 0 fully saturated rings. The molecular weight excluding hydrogens is 359 g/mol. The van der Waals surface area contributed by atoms with Crippen LogP contribution in [-0.4, -0.2) is 6.61 Å². The lowest BCUT2D eigenvalue weighted by atomic mass is 9.79. The Morgan fingerprint density at radius 2 is 2.00 bits per heavy atom. The van der Waals surface area contributed by atoms with Crippen molar-refractivity contribution in [2.24, 2.45) is 0 Å². The van der Waals surface area contributed by atoms with Crippen molar-refractivity contribution >= 4 is 10.8 Å². The zero-order valence-electron chi connectivity index (χ0n) is 17.2. The Labute approximate surface area is 173 Å². The van der Waals surface area contributed by atoms with Crippen LogP contribution in [0.2, 0.25) is 0 Å². The largest absolute Gasteiger partial charge is 0.494 e. The Morgan fingerprint density at radius 3 is 2.83 bits per heavy atom. The third-order valence-electron chi connectivity index (χ3n) is 6.12. The van der Waals surface area contributed by atoms with Crippen LogP contribution in [0.15, 0.2) is 61.2 Å². The van der Waals surface area contributed by atoms with Crippen LogP contribution in [0.5, 0.6) is 5.75 Å². The summed E-state index contributed by atoms with van der Waals surface area (Å²) in [5, 5.41) is 1.74. The molecule has 2 heteroatoms. The van der Waals surface area contributed by atoms with Gasteiger partial charge in [0, 0.05) is 5.39 Å². The highest BCUT2D eigenvalue weighted by molar-refractivity contribution is 5.84. The van der Waals surface area contributed by atoms with E-state index in [4.69, 9.17) is 4.74 Å². The standard InChI is InChI=1S/C27H29FO/c1-3-5-6-15-29-24-12-10-20-17-23(9-8-21(20)18-24)26-14-11-22-16-19(4-2)7-13-25(22)27(26)28/h3,7,10-14,16,18,23H,1,4-6,8-9,15,17H2,2H3. The first kappa shape index (κ1) is 19.7. The van der Waals surface area contributed by atoms with Gasteiger partial charge in [-0.1, -0.05) is 49.4 Å². The molecule has 4 rings (SSSR count). The monoisotopic (exact) mass is 388 g/mol. The zero-order valence-corrected chi connectivity index (χ0v) is 17.2. The minimum atomic E-state index is -0.0409. The molecule has 0 aromatic heterocycles. The SMILES string of the molecule is C=CCCCOc1ccc2c(c1)CCC(c1ccc3cc(CC)ccc3c1F)C2. The van der Waals surface area contributed by atoms with Crippen LogP contribution in [0.3, 0.4) is 0 Å². The molecule has 0 spiro atoms. The second-order valence-electron chi connectivity index (χ2n) is 8.03. The molecule has 0 aliphatic heterocycles. The molecule has 1 aliphatic rings. The van der Waals surface area contributed by atoms with Gasteiger partial charge in [0.1, 0.15) is 11.6 Å². The lowest BCUT2D eigenvalue weighted by Gasteiger charge is -2.26. The maximum atomic E-state index is 15.3. The minimum absolute atomic E-state index is 0.0409. The van der Waals surface area contributed by atoms with Gasteiger partial charge in [-0.3, -0.25) is 0 Å². The minimum Gasteiger partial charge on any atom is -0.494 e. The average Bonchev–Trinajstić information content (AvgIpc) is 2.76. The smallest absolute Gasteiger partial charge is 0.134 e. The van der Waals surface area contributed by atoms with Crippen molar-refractivity contribution in [3.63, 3.8) is 0 Å². The van der Waals surface area contributed by atoms with E-state index in [2.05, 4.69) is 43.8 Å². The molecule has 1 atom stereocenters. The normalized spacial score (nSPS) is 15.9. The highest BCUT2D eigenvalue weighted by atomic mass is 19.1. The summed E-state index contributed by atoms with van der Waals surface area (Å²) in [6, 6.07) is 16.6. The van der Waals surface area contributed by atoms with Crippen LogP contribution in [0.25, 0.3) is 10.8 Å². The van der Waals surface area contributed by atoms with Gasteiger partial charge < -0.3 is 4.74 Å². The first-order valence-corrected chi connectivity index (χ1v) is 10.8. The molecule has 1 nitrogen and oxygen atoms in total. The molecule has 0 radical (unpaired) electrons. The summed E-state index contributed by atoms with van der Waals surface area (Å²) >= 11 is 0. The molecule has 0 N–H and O–H groups in total. The second-order valence-corrected chi connectivity index (χ2v) is 8.03. The number of hydrogen-bond acceptors (Lipinski definition) is 1. The fraction of sp³-hybridized carbons (Fsp3) is 0.333. The quantitative estimate of drug-likeness (QED) is 0.308. The van der Waals surface area contributed by atoms with Crippen LogP contribution in [-0.2, 0) is 19.3 Å². The maximum absolute atomic E-state index is 15.3. The summed E-state index contributed by atoms with van der Waals surface area (Å²) in [6.07, 6.45) is 7.69. The van der Waals surface area contributed by atoms with Crippen molar-refractivity contribution in [3.05, 3.63) is 89.3 Å². The lowest BCUT2D eigenvalue weighted by molar-refractivity contribution is 0.311. The summed E-state index contributed by atoms with van der Waals surface area (Å²) < 4.78 is 21.2. The van der Waals surface area contributed by atoms with Crippen LogP contribution in [0, 0.1) is 5.82 Å². The molecule has 0 heterocycles. The Bertz CT molecular complexity index is 1020. The van der Waals surface area contributed by atoms with E-state index in [1.165, 1.54) is 16.7 Å². The molecule has 0 saturated carbocycles. The van der Waals surface area contributed by atoms with Crippen LogP contribution in [0.4, 0.5) is 4.39 Å². The van der Waals surface area contributed by atoms with E-state index in [1.807, 2.05) is 24.3 Å². The summed E-state index contributed by atoms with van der Waals surface area (Å²) in [7, 11) is 0. The molecule has 0 amide bonds. The van der Waals surface area contributed by atoms with Gasteiger partial charge in [-0.25, -0.2) is 4.39 Å². The van der Waals surface area contributed by atoms with E-state index in [0.717, 1.165) is 67.2 Å². The van der Waals surface area contributed by atoms with E-state index < -0.39 is 0 Å². The van der Waals surface area contributed by atoms with Crippen molar-refractivity contribution < 1.29 is 9.13 Å². The number of halogens is 1. The van der Waals surface area contributed by atoms with E-state index in [9.17, 15) is 0 Å². The highest BCUT2D eigenvalue weighted by Gasteiger charge is 2.24. The molecule has 150 valence electrons. The zero-order chi connectivity index (χ0) is 20.2. The van der Waals surface area contributed by atoms with Gasteiger partial charge in [-0.2, -0.15) is 0 Å². The fourth-order valence-electron chi connectivity index (χ4n) is 4.40. The van der Waals surface area contributed by atoms with Crippen molar-refractivity contribution in [3.8, 4) is 5.75 Å². The molecule has 3 aromatic carbocycles. The maximum Gasteiger partial charge on any atom is 0.134 e. The van der Waals surface area contributed by atoms with Gasteiger partial charge >= 0.3 is 0 Å². The molecular formula is C27H29FO. The summed E-state index contributed by atoms with van der Waals surface area (Å²) in [5.74, 6) is 1.13. The van der Waals surface area contributed by atoms with Gasteiger partial charge in [0.05, 0.1) is 6.61 Å². The van der Waals surface area contributed by atoms with Gasteiger partial charge in [0.25, 0.3) is 0 Å².